The van der Waals surface area contributed by atoms with Crippen molar-refractivity contribution in [2.45, 2.75) is 97.3 Å². The van der Waals surface area contributed by atoms with Crippen LogP contribution in [0.5, 0.6) is 0 Å². The van der Waals surface area contributed by atoms with Crippen LogP contribution in [0.1, 0.15) is 97.3 Å². The molecule has 0 rings (SSSR count). The van der Waals surface area contributed by atoms with Crippen molar-refractivity contribution in [1.29, 1.82) is 0 Å². The molecule has 0 N–H and O–H groups in total. The van der Waals surface area contributed by atoms with E-state index in [4.69, 9.17) is 0 Å². The predicted molar refractivity (Wildman–Crippen MR) is 98.8 cm³/mol. The van der Waals surface area contributed by atoms with Crippen molar-refractivity contribution in [2.75, 3.05) is 0 Å². The summed E-state index contributed by atoms with van der Waals surface area (Å²) in [4.78, 5) is 0. The molecule has 0 saturated heterocycles. The molecule has 0 nitrogen and oxygen atoms in total. The van der Waals surface area contributed by atoms with Crippen molar-refractivity contribution in [1.82, 2.24) is 0 Å². The molecule has 0 aliphatic rings. The first-order chi connectivity index (χ1) is 10.4. The van der Waals surface area contributed by atoms with Crippen molar-refractivity contribution in [3.05, 3.63) is 36.5 Å². The average molecular weight is 291 g/mol. The molecule has 0 aromatic carbocycles. The van der Waals surface area contributed by atoms with E-state index in [2.05, 4.69) is 50.3 Å². The first kappa shape index (κ1) is 20.2. The summed E-state index contributed by atoms with van der Waals surface area (Å²) >= 11 is 0. The van der Waals surface area contributed by atoms with Crippen molar-refractivity contribution in [3.8, 4) is 0 Å². The van der Waals surface area contributed by atoms with E-state index in [9.17, 15) is 0 Å². The Morgan fingerprint density at radius 1 is 0.476 bits per heavy atom. The maximum absolute atomic E-state index is 2.35. The summed E-state index contributed by atoms with van der Waals surface area (Å²) in [5.74, 6) is 0. The fraction of sp³-hybridized carbons (Fsp3) is 0.714. The Labute approximate surface area is 134 Å². The summed E-state index contributed by atoms with van der Waals surface area (Å²) in [5.41, 5.74) is 0. The molecule has 0 unspecified atom stereocenters. The Morgan fingerprint density at radius 2 is 0.952 bits per heavy atom. The Bertz CT molecular complexity index is 257. The SMILES string of the molecule is CC/C=C\CC=CCC=CCCCCCCCCCCC. The lowest BCUT2D eigenvalue weighted by molar-refractivity contribution is 0.566. The standard InChI is InChI=1S/C21H38/c1-3-5-7-9-11-13-15-17-19-21-20-18-16-14-12-10-8-6-4-2/h5,7,11,13,17,19H,3-4,6,8-10,12,14-16,18,20-21H2,1-2H3/b7-5-,13-11?,19-17?. The van der Waals surface area contributed by atoms with Crippen LogP contribution in [0.15, 0.2) is 36.5 Å². The van der Waals surface area contributed by atoms with E-state index in [1.54, 1.807) is 0 Å². The highest BCUT2D eigenvalue weighted by atomic mass is 14.0. The molecule has 0 aromatic heterocycles. The zero-order valence-corrected chi connectivity index (χ0v) is 14.7. The molecule has 0 aliphatic heterocycles. The normalized spacial score (nSPS) is 12.3. The van der Waals surface area contributed by atoms with Gasteiger partial charge in [-0.1, -0.05) is 102 Å². The lowest BCUT2D eigenvalue weighted by Gasteiger charge is -2.00. The lowest BCUT2D eigenvalue weighted by atomic mass is 10.1. The van der Waals surface area contributed by atoms with Crippen molar-refractivity contribution < 1.29 is 0 Å². The van der Waals surface area contributed by atoms with Gasteiger partial charge in [0.25, 0.3) is 0 Å². The Hall–Kier alpha value is -0.780. The second-order valence-electron chi connectivity index (χ2n) is 5.91. The van der Waals surface area contributed by atoms with Gasteiger partial charge in [0, 0.05) is 0 Å². The second-order valence-corrected chi connectivity index (χ2v) is 5.91. The summed E-state index contributed by atoms with van der Waals surface area (Å²) in [7, 11) is 0. The first-order valence-electron chi connectivity index (χ1n) is 9.36. The van der Waals surface area contributed by atoms with Gasteiger partial charge in [0.15, 0.2) is 0 Å². The van der Waals surface area contributed by atoms with Crippen LogP contribution < -0.4 is 0 Å². The zero-order valence-electron chi connectivity index (χ0n) is 14.7. The molecule has 0 aromatic rings. The predicted octanol–water partition coefficient (Wildman–Crippen LogP) is 7.77. The van der Waals surface area contributed by atoms with Crippen LogP contribution in [0.2, 0.25) is 0 Å². The number of hydrogen-bond donors (Lipinski definition) is 0. The quantitative estimate of drug-likeness (QED) is 0.213. The molecular formula is C21H38. The molecule has 0 spiro atoms. The number of allylic oxidation sites excluding steroid dienone is 6. The minimum absolute atomic E-state index is 1.08. The van der Waals surface area contributed by atoms with Crippen molar-refractivity contribution in [2.24, 2.45) is 0 Å². The summed E-state index contributed by atoms with van der Waals surface area (Å²) in [6.07, 6.45) is 31.0. The third-order valence-electron chi connectivity index (χ3n) is 3.75. The van der Waals surface area contributed by atoms with Crippen molar-refractivity contribution >= 4 is 0 Å². The van der Waals surface area contributed by atoms with Crippen LogP contribution in [-0.4, -0.2) is 0 Å². The molecule has 0 atom stereocenters. The van der Waals surface area contributed by atoms with Crippen LogP contribution >= 0.6 is 0 Å². The molecular weight excluding hydrogens is 252 g/mol. The second kappa shape index (κ2) is 19.2. The summed E-state index contributed by atoms with van der Waals surface area (Å²) in [6, 6.07) is 0. The van der Waals surface area contributed by atoms with E-state index in [0.717, 1.165) is 19.3 Å². The molecule has 0 radical (unpaired) electrons. The van der Waals surface area contributed by atoms with Gasteiger partial charge in [-0.2, -0.15) is 0 Å². The molecule has 0 aliphatic carbocycles. The Morgan fingerprint density at radius 3 is 1.52 bits per heavy atom. The molecule has 122 valence electrons. The van der Waals surface area contributed by atoms with Gasteiger partial charge in [0.1, 0.15) is 0 Å². The smallest absolute Gasteiger partial charge is 0.0169 e. The maximum Gasteiger partial charge on any atom is -0.0169 e. The third-order valence-corrected chi connectivity index (χ3v) is 3.75. The number of hydrogen-bond acceptors (Lipinski definition) is 0. The topological polar surface area (TPSA) is 0 Å². The fourth-order valence-corrected chi connectivity index (χ4v) is 2.40. The summed E-state index contributed by atoms with van der Waals surface area (Å²) in [5, 5.41) is 0. The van der Waals surface area contributed by atoms with Gasteiger partial charge < -0.3 is 0 Å². The van der Waals surface area contributed by atoms with E-state index >= 15 is 0 Å². The van der Waals surface area contributed by atoms with Crippen LogP contribution in [0, 0.1) is 0 Å². The summed E-state index contributed by atoms with van der Waals surface area (Å²) in [6.45, 7) is 4.46. The van der Waals surface area contributed by atoms with Gasteiger partial charge in [-0.25, -0.2) is 0 Å². The summed E-state index contributed by atoms with van der Waals surface area (Å²) < 4.78 is 0. The minimum atomic E-state index is 1.08. The molecule has 21 heavy (non-hydrogen) atoms. The van der Waals surface area contributed by atoms with Crippen LogP contribution in [0.4, 0.5) is 0 Å². The lowest BCUT2D eigenvalue weighted by Crippen LogP contribution is -1.80. The average Bonchev–Trinajstić information content (AvgIpc) is 2.50. The third kappa shape index (κ3) is 19.2. The van der Waals surface area contributed by atoms with E-state index in [-0.39, 0.29) is 0 Å². The van der Waals surface area contributed by atoms with Gasteiger partial charge in [-0.3, -0.25) is 0 Å². The molecule has 0 heterocycles. The number of unbranched alkanes of at least 4 members (excludes halogenated alkanes) is 9. The monoisotopic (exact) mass is 290 g/mol. The number of rotatable bonds is 15. The first-order valence-corrected chi connectivity index (χ1v) is 9.36. The molecule has 0 bridgehead atoms. The molecule has 0 heteroatoms. The largest absolute Gasteiger partial charge is 0.0885 e. The highest BCUT2D eigenvalue weighted by molar-refractivity contribution is 4.96. The van der Waals surface area contributed by atoms with Crippen LogP contribution in [-0.2, 0) is 0 Å². The van der Waals surface area contributed by atoms with Crippen LogP contribution in [0.25, 0.3) is 0 Å². The zero-order chi connectivity index (χ0) is 15.4. The Kier molecular flexibility index (Phi) is 18.5. The van der Waals surface area contributed by atoms with E-state index in [1.165, 1.54) is 64.2 Å². The highest BCUT2D eigenvalue weighted by Crippen LogP contribution is 2.10. The van der Waals surface area contributed by atoms with Gasteiger partial charge in [-0.15, -0.1) is 0 Å². The maximum atomic E-state index is 2.35. The van der Waals surface area contributed by atoms with Gasteiger partial charge >= 0.3 is 0 Å². The van der Waals surface area contributed by atoms with Gasteiger partial charge in [0.2, 0.25) is 0 Å². The van der Waals surface area contributed by atoms with E-state index in [0.29, 0.717) is 0 Å². The Balaban J connectivity index is 3.16. The van der Waals surface area contributed by atoms with Crippen molar-refractivity contribution in [3.63, 3.8) is 0 Å². The highest BCUT2D eigenvalue weighted by Gasteiger charge is 1.90. The molecule has 0 saturated carbocycles. The van der Waals surface area contributed by atoms with Gasteiger partial charge in [0.05, 0.1) is 0 Å². The molecule has 0 fully saturated rings. The molecule has 0 amide bonds. The van der Waals surface area contributed by atoms with E-state index in [1.807, 2.05) is 0 Å². The fourth-order valence-electron chi connectivity index (χ4n) is 2.40. The van der Waals surface area contributed by atoms with Crippen LogP contribution in [0.3, 0.4) is 0 Å². The van der Waals surface area contributed by atoms with E-state index < -0.39 is 0 Å². The van der Waals surface area contributed by atoms with Gasteiger partial charge in [-0.05, 0) is 32.1 Å². The minimum Gasteiger partial charge on any atom is -0.0885 e.